The highest BCUT2D eigenvalue weighted by Crippen LogP contribution is 2.36. The van der Waals surface area contributed by atoms with Crippen LogP contribution >= 0.6 is 11.6 Å². The molecular weight excluding hydrogens is 369 g/mol. The SMILES string of the molecule is COc1cccc(CCNCC(=O)Nc2ccc(Cl)cc2C(F)(F)F)c1. The molecule has 0 aliphatic heterocycles. The molecule has 26 heavy (non-hydrogen) atoms. The Bertz CT molecular complexity index is 766. The average molecular weight is 387 g/mol. The maximum absolute atomic E-state index is 13.0. The van der Waals surface area contributed by atoms with Crippen molar-refractivity contribution in [3.63, 3.8) is 0 Å². The first-order chi connectivity index (χ1) is 12.3. The largest absolute Gasteiger partial charge is 0.497 e. The molecule has 2 aromatic carbocycles. The molecule has 1 amide bonds. The van der Waals surface area contributed by atoms with Gasteiger partial charge in [0.15, 0.2) is 0 Å². The third-order valence-electron chi connectivity index (χ3n) is 3.57. The number of hydrogen-bond donors (Lipinski definition) is 2. The van der Waals surface area contributed by atoms with Gasteiger partial charge in [-0.3, -0.25) is 4.79 Å². The van der Waals surface area contributed by atoms with Crippen molar-refractivity contribution >= 4 is 23.2 Å². The van der Waals surface area contributed by atoms with E-state index in [0.29, 0.717) is 13.0 Å². The van der Waals surface area contributed by atoms with E-state index in [1.807, 2.05) is 24.3 Å². The molecule has 4 nitrogen and oxygen atoms in total. The third kappa shape index (κ3) is 5.93. The van der Waals surface area contributed by atoms with Crippen LogP contribution in [0.5, 0.6) is 5.75 Å². The minimum absolute atomic E-state index is 0.0493. The fourth-order valence-electron chi connectivity index (χ4n) is 2.32. The molecular formula is C18H18ClF3N2O2. The summed E-state index contributed by atoms with van der Waals surface area (Å²) >= 11 is 5.61. The zero-order valence-electron chi connectivity index (χ0n) is 14.0. The number of benzene rings is 2. The van der Waals surface area contributed by atoms with E-state index in [-0.39, 0.29) is 17.3 Å². The first-order valence-corrected chi connectivity index (χ1v) is 8.17. The number of nitrogens with one attached hydrogen (secondary N) is 2. The van der Waals surface area contributed by atoms with Gasteiger partial charge in [0.05, 0.1) is 24.9 Å². The Balaban J connectivity index is 1.86. The smallest absolute Gasteiger partial charge is 0.418 e. The van der Waals surface area contributed by atoms with E-state index in [1.54, 1.807) is 7.11 Å². The number of carbonyl (C=O) groups is 1. The molecule has 140 valence electrons. The molecule has 0 saturated carbocycles. The number of anilines is 1. The topological polar surface area (TPSA) is 50.4 Å². The van der Waals surface area contributed by atoms with Crippen LogP contribution in [-0.2, 0) is 17.4 Å². The fraction of sp³-hybridized carbons (Fsp3) is 0.278. The van der Waals surface area contributed by atoms with Gasteiger partial charge in [0.2, 0.25) is 5.91 Å². The van der Waals surface area contributed by atoms with Crippen LogP contribution in [0, 0.1) is 0 Å². The maximum Gasteiger partial charge on any atom is 0.418 e. The Morgan fingerprint density at radius 2 is 1.96 bits per heavy atom. The Hall–Kier alpha value is -2.25. The van der Waals surface area contributed by atoms with Gasteiger partial charge in [-0.1, -0.05) is 23.7 Å². The molecule has 0 heterocycles. The van der Waals surface area contributed by atoms with Crippen molar-refractivity contribution < 1.29 is 22.7 Å². The standard InChI is InChI=1S/C18H18ClF3N2O2/c1-26-14-4-2-3-12(9-14)7-8-23-11-17(25)24-16-6-5-13(19)10-15(16)18(20,21)22/h2-6,9-10,23H,7-8,11H2,1H3,(H,24,25). The van der Waals surface area contributed by atoms with Crippen molar-refractivity contribution in [2.45, 2.75) is 12.6 Å². The number of methoxy groups -OCH3 is 1. The Morgan fingerprint density at radius 1 is 1.19 bits per heavy atom. The molecule has 0 aliphatic carbocycles. The quantitative estimate of drug-likeness (QED) is 0.703. The highest BCUT2D eigenvalue weighted by Gasteiger charge is 2.34. The summed E-state index contributed by atoms with van der Waals surface area (Å²) in [4.78, 5) is 11.9. The Morgan fingerprint density at radius 3 is 2.65 bits per heavy atom. The van der Waals surface area contributed by atoms with Crippen LogP contribution in [0.1, 0.15) is 11.1 Å². The van der Waals surface area contributed by atoms with Crippen LogP contribution < -0.4 is 15.4 Å². The number of rotatable bonds is 7. The van der Waals surface area contributed by atoms with Gasteiger partial charge in [-0.05, 0) is 48.9 Å². The van der Waals surface area contributed by atoms with E-state index in [4.69, 9.17) is 16.3 Å². The molecule has 0 aromatic heterocycles. The van der Waals surface area contributed by atoms with Gasteiger partial charge in [0.1, 0.15) is 5.75 Å². The molecule has 2 N–H and O–H groups in total. The van der Waals surface area contributed by atoms with Crippen LogP contribution in [0.2, 0.25) is 5.02 Å². The van der Waals surface area contributed by atoms with Gasteiger partial charge >= 0.3 is 6.18 Å². The van der Waals surface area contributed by atoms with E-state index in [2.05, 4.69) is 10.6 Å². The molecule has 0 unspecified atom stereocenters. The third-order valence-corrected chi connectivity index (χ3v) is 3.81. The van der Waals surface area contributed by atoms with Crippen molar-refractivity contribution in [2.75, 3.05) is 25.5 Å². The summed E-state index contributed by atoms with van der Waals surface area (Å²) in [5.41, 5.74) is -0.273. The maximum atomic E-state index is 13.0. The lowest BCUT2D eigenvalue weighted by atomic mass is 10.1. The zero-order chi connectivity index (χ0) is 19.2. The van der Waals surface area contributed by atoms with Gasteiger partial charge in [-0.25, -0.2) is 0 Å². The van der Waals surface area contributed by atoms with Crippen LogP contribution in [0.15, 0.2) is 42.5 Å². The molecule has 0 atom stereocenters. The lowest BCUT2D eigenvalue weighted by Crippen LogP contribution is -2.30. The number of halogens is 4. The summed E-state index contributed by atoms with van der Waals surface area (Å²) in [5, 5.41) is 5.11. The number of amides is 1. The first-order valence-electron chi connectivity index (χ1n) is 7.80. The van der Waals surface area contributed by atoms with Gasteiger partial charge in [0.25, 0.3) is 0 Å². The van der Waals surface area contributed by atoms with Crippen molar-refractivity contribution in [3.8, 4) is 5.75 Å². The number of carbonyl (C=O) groups excluding carboxylic acids is 1. The molecule has 0 spiro atoms. The Kier molecular flexibility index (Phi) is 6.88. The second-order valence-corrected chi connectivity index (χ2v) is 5.95. The minimum Gasteiger partial charge on any atom is -0.497 e. The first kappa shape index (κ1) is 20.1. The second kappa shape index (κ2) is 8.91. The molecule has 0 radical (unpaired) electrons. The summed E-state index contributed by atoms with van der Waals surface area (Å²) in [7, 11) is 1.58. The van der Waals surface area contributed by atoms with E-state index in [0.717, 1.165) is 23.4 Å². The molecule has 0 fully saturated rings. The normalized spacial score (nSPS) is 11.3. The highest BCUT2D eigenvalue weighted by molar-refractivity contribution is 6.30. The average Bonchev–Trinajstić information content (AvgIpc) is 2.59. The van der Waals surface area contributed by atoms with Gasteiger partial charge in [0, 0.05) is 5.02 Å². The Labute approximate surface area is 154 Å². The summed E-state index contributed by atoms with van der Waals surface area (Å²) < 4.78 is 44.1. The van der Waals surface area contributed by atoms with Crippen LogP contribution in [0.25, 0.3) is 0 Å². The van der Waals surface area contributed by atoms with Crippen molar-refractivity contribution in [1.82, 2.24) is 5.32 Å². The zero-order valence-corrected chi connectivity index (χ0v) is 14.7. The molecule has 8 heteroatoms. The summed E-state index contributed by atoms with van der Waals surface area (Å²) in [6.07, 6.45) is -3.95. The molecule has 0 aliphatic rings. The number of alkyl halides is 3. The van der Waals surface area contributed by atoms with Crippen molar-refractivity contribution in [2.24, 2.45) is 0 Å². The number of hydrogen-bond acceptors (Lipinski definition) is 3. The summed E-state index contributed by atoms with van der Waals surface area (Å²) in [5.74, 6) is 0.172. The predicted octanol–water partition coefficient (Wildman–Crippen LogP) is 4.14. The van der Waals surface area contributed by atoms with E-state index in [9.17, 15) is 18.0 Å². The summed E-state index contributed by atoms with van der Waals surface area (Å²) in [6, 6.07) is 10.7. The molecule has 0 bridgehead atoms. The number of ether oxygens (including phenoxy) is 1. The second-order valence-electron chi connectivity index (χ2n) is 5.51. The molecule has 2 rings (SSSR count). The fourth-order valence-corrected chi connectivity index (χ4v) is 2.49. The predicted molar refractivity (Wildman–Crippen MR) is 94.7 cm³/mol. The van der Waals surface area contributed by atoms with Gasteiger partial charge in [-0.2, -0.15) is 13.2 Å². The van der Waals surface area contributed by atoms with Crippen LogP contribution in [0.3, 0.4) is 0 Å². The van der Waals surface area contributed by atoms with E-state index in [1.165, 1.54) is 6.07 Å². The van der Waals surface area contributed by atoms with Crippen LogP contribution in [-0.4, -0.2) is 26.1 Å². The van der Waals surface area contributed by atoms with Gasteiger partial charge < -0.3 is 15.4 Å². The molecule has 0 saturated heterocycles. The van der Waals surface area contributed by atoms with E-state index < -0.39 is 17.6 Å². The van der Waals surface area contributed by atoms with E-state index >= 15 is 0 Å². The highest BCUT2D eigenvalue weighted by atomic mass is 35.5. The lowest BCUT2D eigenvalue weighted by molar-refractivity contribution is -0.137. The lowest BCUT2D eigenvalue weighted by Gasteiger charge is -2.14. The van der Waals surface area contributed by atoms with Gasteiger partial charge in [-0.15, -0.1) is 0 Å². The monoisotopic (exact) mass is 386 g/mol. The van der Waals surface area contributed by atoms with Crippen LogP contribution in [0.4, 0.5) is 18.9 Å². The minimum atomic E-state index is -4.60. The van der Waals surface area contributed by atoms with Crippen molar-refractivity contribution in [1.29, 1.82) is 0 Å². The summed E-state index contributed by atoms with van der Waals surface area (Å²) in [6.45, 7) is 0.386. The molecule has 2 aromatic rings. The van der Waals surface area contributed by atoms with Crippen molar-refractivity contribution in [3.05, 3.63) is 58.6 Å².